The van der Waals surface area contributed by atoms with Crippen LogP contribution in [0.1, 0.15) is 32.8 Å². The zero-order valence-corrected chi connectivity index (χ0v) is 10.5. The highest BCUT2D eigenvalue weighted by Gasteiger charge is 2.13. The van der Waals surface area contributed by atoms with E-state index in [9.17, 15) is 5.11 Å². The van der Waals surface area contributed by atoms with Crippen molar-refractivity contribution in [2.75, 3.05) is 6.61 Å². The highest BCUT2D eigenvalue weighted by Crippen LogP contribution is 2.08. The summed E-state index contributed by atoms with van der Waals surface area (Å²) in [6, 6.07) is 0.176. The van der Waals surface area contributed by atoms with E-state index in [4.69, 9.17) is 0 Å². The third-order valence-corrected chi connectivity index (χ3v) is 3.11. The summed E-state index contributed by atoms with van der Waals surface area (Å²) >= 11 is 0. The predicted molar refractivity (Wildman–Crippen MR) is 65.1 cm³/mol. The first-order valence-corrected chi connectivity index (χ1v) is 6.06. The van der Waals surface area contributed by atoms with Crippen LogP contribution in [-0.4, -0.2) is 27.5 Å². The van der Waals surface area contributed by atoms with Crippen LogP contribution in [0.25, 0.3) is 0 Å². The SMILES string of the molecule is CCC(C)C(CO)NCc1cnn(CC)c1. The number of nitrogens with one attached hydrogen (secondary N) is 1. The Morgan fingerprint density at radius 2 is 2.25 bits per heavy atom. The second-order valence-corrected chi connectivity index (χ2v) is 4.26. The molecule has 2 N–H and O–H groups in total. The number of aliphatic hydroxyl groups is 1. The smallest absolute Gasteiger partial charge is 0.0587 e. The Morgan fingerprint density at radius 3 is 2.75 bits per heavy atom. The van der Waals surface area contributed by atoms with Crippen LogP contribution in [0.5, 0.6) is 0 Å². The summed E-state index contributed by atoms with van der Waals surface area (Å²) in [4.78, 5) is 0. The number of rotatable bonds is 7. The average molecular weight is 225 g/mol. The first-order valence-electron chi connectivity index (χ1n) is 6.06. The lowest BCUT2D eigenvalue weighted by Gasteiger charge is -2.21. The molecule has 0 aromatic carbocycles. The Hall–Kier alpha value is -0.870. The minimum Gasteiger partial charge on any atom is -0.395 e. The summed E-state index contributed by atoms with van der Waals surface area (Å²) in [5, 5.41) is 16.9. The predicted octanol–water partition coefficient (Wildman–Crippen LogP) is 1.40. The van der Waals surface area contributed by atoms with Crippen molar-refractivity contribution in [3.8, 4) is 0 Å². The molecule has 1 aromatic heterocycles. The Labute approximate surface area is 97.7 Å². The van der Waals surface area contributed by atoms with Crippen molar-refractivity contribution in [2.45, 2.75) is 46.3 Å². The third kappa shape index (κ3) is 3.61. The maximum absolute atomic E-state index is 9.27. The molecule has 16 heavy (non-hydrogen) atoms. The minimum absolute atomic E-state index is 0.176. The first-order chi connectivity index (χ1) is 7.71. The highest BCUT2D eigenvalue weighted by atomic mass is 16.3. The molecule has 0 amide bonds. The lowest BCUT2D eigenvalue weighted by atomic mass is 10.00. The van der Waals surface area contributed by atoms with Gasteiger partial charge in [0.25, 0.3) is 0 Å². The average Bonchev–Trinajstić information content (AvgIpc) is 2.77. The van der Waals surface area contributed by atoms with E-state index in [1.807, 2.05) is 17.1 Å². The molecule has 0 radical (unpaired) electrons. The van der Waals surface area contributed by atoms with Gasteiger partial charge in [0.2, 0.25) is 0 Å². The van der Waals surface area contributed by atoms with E-state index in [-0.39, 0.29) is 12.6 Å². The molecule has 0 saturated carbocycles. The fourth-order valence-corrected chi connectivity index (χ4v) is 1.65. The lowest BCUT2D eigenvalue weighted by Crippen LogP contribution is -2.37. The van der Waals surface area contributed by atoms with Crippen molar-refractivity contribution < 1.29 is 5.11 Å². The standard InChI is InChI=1S/C12H23N3O/c1-4-10(3)12(9-16)13-6-11-7-14-15(5-2)8-11/h7-8,10,12-13,16H,4-6,9H2,1-3H3. The van der Waals surface area contributed by atoms with Crippen molar-refractivity contribution >= 4 is 0 Å². The molecule has 0 aliphatic carbocycles. The molecule has 1 heterocycles. The van der Waals surface area contributed by atoms with E-state index in [0.29, 0.717) is 5.92 Å². The fraction of sp³-hybridized carbons (Fsp3) is 0.750. The fourth-order valence-electron chi connectivity index (χ4n) is 1.65. The third-order valence-electron chi connectivity index (χ3n) is 3.11. The molecular weight excluding hydrogens is 202 g/mol. The molecule has 1 aromatic rings. The van der Waals surface area contributed by atoms with E-state index >= 15 is 0 Å². The van der Waals surface area contributed by atoms with Crippen LogP contribution in [0.3, 0.4) is 0 Å². The molecule has 2 unspecified atom stereocenters. The Kier molecular flexibility index (Phi) is 5.49. The minimum atomic E-state index is 0.176. The van der Waals surface area contributed by atoms with E-state index < -0.39 is 0 Å². The van der Waals surface area contributed by atoms with E-state index in [1.54, 1.807) is 0 Å². The molecule has 0 saturated heterocycles. The number of hydrogen-bond donors (Lipinski definition) is 2. The molecule has 0 aliphatic rings. The van der Waals surface area contributed by atoms with Crippen molar-refractivity contribution in [1.29, 1.82) is 0 Å². The van der Waals surface area contributed by atoms with Crippen molar-refractivity contribution in [3.05, 3.63) is 18.0 Å². The summed E-state index contributed by atoms with van der Waals surface area (Å²) < 4.78 is 1.91. The van der Waals surface area contributed by atoms with Gasteiger partial charge < -0.3 is 10.4 Å². The molecule has 1 rings (SSSR count). The number of hydrogen-bond acceptors (Lipinski definition) is 3. The van der Waals surface area contributed by atoms with Crippen LogP contribution in [0.2, 0.25) is 0 Å². The molecule has 0 aliphatic heterocycles. The van der Waals surface area contributed by atoms with Gasteiger partial charge in [-0.15, -0.1) is 0 Å². The van der Waals surface area contributed by atoms with E-state index in [2.05, 4.69) is 31.2 Å². The van der Waals surface area contributed by atoms with Gasteiger partial charge in [0.1, 0.15) is 0 Å². The van der Waals surface area contributed by atoms with Crippen molar-refractivity contribution in [2.24, 2.45) is 5.92 Å². The van der Waals surface area contributed by atoms with Gasteiger partial charge in [0.05, 0.1) is 12.8 Å². The van der Waals surface area contributed by atoms with Crippen molar-refractivity contribution in [1.82, 2.24) is 15.1 Å². The van der Waals surface area contributed by atoms with Gasteiger partial charge in [-0.1, -0.05) is 20.3 Å². The number of nitrogens with zero attached hydrogens (tertiary/aromatic N) is 2. The Bertz CT molecular complexity index is 298. The molecule has 92 valence electrons. The lowest BCUT2D eigenvalue weighted by molar-refractivity contribution is 0.201. The monoisotopic (exact) mass is 225 g/mol. The van der Waals surface area contributed by atoms with Crippen LogP contribution < -0.4 is 5.32 Å². The van der Waals surface area contributed by atoms with Gasteiger partial charge in [-0.3, -0.25) is 4.68 Å². The van der Waals surface area contributed by atoms with Gasteiger partial charge in [-0.2, -0.15) is 5.10 Å². The Balaban J connectivity index is 2.42. The molecule has 4 nitrogen and oxygen atoms in total. The van der Waals surface area contributed by atoms with Gasteiger partial charge in [-0.05, 0) is 12.8 Å². The van der Waals surface area contributed by atoms with E-state index in [1.165, 1.54) is 5.56 Å². The Morgan fingerprint density at radius 1 is 1.50 bits per heavy atom. The topological polar surface area (TPSA) is 50.1 Å². The number of aryl methyl sites for hydroxylation is 1. The van der Waals surface area contributed by atoms with Gasteiger partial charge in [-0.25, -0.2) is 0 Å². The second-order valence-electron chi connectivity index (χ2n) is 4.26. The van der Waals surface area contributed by atoms with Crippen molar-refractivity contribution in [3.63, 3.8) is 0 Å². The molecule has 2 atom stereocenters. The summed E-state index contributed by atoms with van der Waals surface area (Å²) in [7, 11) is 0. The van der Waals surface area contributed by atoms with Crippen LogP contribution in [0, 0.1) is 5.92 Å². The highest BCUT2D eigenvalue weighted by molar-refractivity contribution is 5.03. The summed E-state index contributed by atoms with van der Waals surface area (Å²) in [6.07, 6.45) is 4.99. The van der Waals surface area contributed by atoms with Gasteiger partial charge in [0, 0.05) is 30.9 Å². The molecule has 0 bridgehead atoms. The molecular formula is C12H23N3O. The quantitative estimate of drug-likeness (QED) is 0.737. The summed E-state index contributed by atoms with van der Waals surface area (Å²) in [6.45, 7) is 8.23. The number of aromatic nitrogens is 2. The molecule has 0 fully saturated rings. The molecule has 0 spiro atoms. The maximum atomic E-state index is 9.27. The van der Waals surface area contributed by atoms with Crippen LogP contribution in [-0.2, 0) is 13.1 Å². The summed E-state index contributed by atoms with van der Waals surface area (Å²) in [5.74, 6) is 0.492. The largest absolute Gasteiger partial charge is 0.395 e. The normalized spacial score (nSPS) is 15.0. The van der Waals surface area contributed by atoms with Crippen LogP contribution >= 0.6 is 0 Å². The maximum Gasteiger partial charge on any atom is 0.0587 e. The number of aliphatic hydroxyl groups excluding tert-OH is 1. The van der Waals surface area contributed by atoms with Crippen LogP contribution in [0.15, 0.2) is 12.4 Å². The summed E-state index contributed by atoms with van der Waals surface area (Å²) in [5.41, 5.74) is 1.17. The zero-order chi connectivity index (χ0) is 12.0. The van der Waals surface area contributed by atoms with Gasteiger partial charge >= 0.3 is 0 Å². The first kappa shape index (κ1) is 13.2. The second kappa shape index (κ2) is 6.66. The zero-order valence-electron chi connectivity index (χ0n) is 10.5. The van der Waals surface area contributed by atoms with Crippen LogP contribution in [0.4, 0.5) is 0 Å². The molecule has 4 heteroatoms. The van der Waals surface area contributed by atoms with Gasteiger partial charge in [0.15, 0.2) is 0 Å². The van der Waals surface area contributed by atoms with E-state index in [0.717, 1.165) is 19.5 Å².